The van der Waals surface area contributed by atoms with Gasteiger partial charge in [-0.1, -0.05) is 49.6 Å². The molecule has 2 heteroatoms. The van der Waals surface area contributed by atoms with Crippen molar-refractivity contribution in [1.29, 1.82) is 0 Å². The number of nitrogens with one attached hydrogen (secondary N) is 1. The van der Waals surface area contributed by atoms with Crippen molar-refractivity contribution in [2.45, 2.75) is 44.7 Å². The second-order valence-electron chi connectivity index (χ2n) is 5.05. The first-order valence-electron chi connectivity index (χ1n) is 6.78. The zero-order chi connectivity index (χ0) is 11.9. The topological polar surface area (TPSA) is 32.3 Å². The Bertz CT molecular complexity index is 306. The molecule has 1 fully saturated rings. The Labute approximate surface area is 104 Å². The van der Waals surface area contributed by atoms with Crippen molar-refractivity contribution in [1.82, 2.24) is 5.32 Å². The molecule has 2 N–H and O–H groups in total. The van der Waals surface area contributed by atoms with E-state index in [1.54, 1.807) is 0 Å². The minimum atomic E-state index is 0.261. The fourth-order valence-electron chi connectivity index (χ4n) is 2.76. The van der Waals surface area contributed by atoms with Crippen LogP contribution in [0.25, 0.3) is 0 Å². The summed E-state index contributed by atoms with van der Waals surface area (Å²) in [5, 5.41) is 13.0. The van der Waals surface area contributed by atoms with E-state index in [1.807, 2.05) is 6.07 Å². The summed E-state index contributed by atoms with van der Waals surface area (Å²) >= 11 is 0. The Morgan fingerprint density at radius 3 is 2.47 bits per heavy atom. The Kier molecular flexibility index (Phi) is 5.02. The lowest BCUT2D eigenvalue weighted by atomic mass is 9.84. The van der Waals surface area contributed by atoms with Crippen LogP contribution in [0.3, 0.4) is 0 Å². The lowest BCUT2D eigenvalue weighted by Crippen LogP contribution is -2.39. The normalized spacial score (nSPS) is 19.1. The van der Waals surface area contributed by atoms with E-state index in [0.29, 0.717) is 5.92 Å². The molecule has 1 atom stereocenters. The lowest BCUT2D eigenvalue weighted by molar-refractivity contribution is 0.170. The molecule has 0 aromatic heterocycles. The highest BCUT2D eigenvalue weighted by atomic mass is 16.3. The first-order chi connectivity index (χ1) is 8.40. The number of rotatable bonds is 5. The first kappa shape index (κ1) is 12.6. The quantitative estimate of drug-likeness (QED) is 0.819. The summed E-state index contributed by atoms with van der Waals surface area (Å²) in [4.78, 5) is 0. The van der Waals surface area contributed by atoms with Gasteiger partial charge in [-0.2, -0.15) is 0 Å². The summed E-state index contributed by atoms with van der Waals surface area (Å²) in [6.07, 6.45) is 6.57. The van der Waals surface area contributed by atoms with Crippen LogP contribution >= 0.6 is 0 Å². The van der Waals surface area contributed by atoms with Crippen molar-refractivity contribution in [2.24, 2.45) is 5.92 Å². The van der Waals surface area contributed by atoms with E-state index in [4.69, 9.17) is 0 Å². The molecule has 0 bridgehead atoms. The maximum absolute atomic E-state index is 9.49. The van der Waals surface area contributed by atoms with Crippen LogP contribution in [0, 0.1) is 5.92 Å². The van der Waals surface area contributed by atoms with E-state index in [1.165, 1.54) is 37.7 Å². The standard InChI is InChI=1S/C15H23NO/c17-12-15(14-9-5-2-6-10-14)16-11-13-7-3-1-4-8-13/h1,3-4,7-8,14-17H,2,5-6,9-12H2/t15-/m1/s1. The Morgan fingerprint density at radius 2 is 1.82 bits per heavy atom. The van der Waals surface area contributed by atoms with Gasteiger partial charge in [-0.3, -0.25) is 0 Å². The number of aliphatic hydroxyl groups is 1. The highest BCUT2D eigenvalue weighted by molar-refractivity contribution is 5.14. The highest BCUT2D eigenvalue weighted by Gasteiger charge is 2.22. The van der Waals surface area contributed by atoms with Gasteiger partial charge in [0.05, 0.1) is 6.61 Å². The van der Waals surface area contributed by atoms with E-state index >= 15 is 0 Å². The average molecular weight is 233 g/mol. The van der Waals surface area contributed by atoms with Gasteiger partial charge < -0.3 is 10.4 Å². The van der Waals surface area contributed by atoms with Crippen LogP contribution in [0.5, 0.6) is 0 Å². The molecule has 1 aromatic carbocycles. The molecule has 2 nitrogen and oxygen atoms in total. The fraction of sp³-hybridized carbons (Fsp3) is 0.600. The second kappa shape index (κ2) is 6.77. The molecule has 0 spiro atoms. The SMILES string of the molecule is OC[C@@H](NCc1ccccc1)C1CCCCC1. The molecule has 0 radical (unpaired) electrons. The maximum Gasteiger partial charge on any atom is 0.0587 e. The van der Waals surface area contributed by atoms with E-state index in [0.717, 1.165) is 6.54 Å². The summed E-state index contributed by atoms with van der Waals surface area (Å²) in [5.41, 5.74) is 1.29. The van der Waals surface area contributed by atoms with Gasteiger partial charge in [0.2, 0.25) is 0 Å². The van der Waals surface area contributed by atoms with Gasteiger partial charge in [0.15, 0.2) is 0 Å². The van der Waals surface area contributed by atoms with Gasteiger partial charge in [-0.25, -0.2) is 0 Å². The van der Waals surface area contributed by atoms with Crippen LogP contribution in [0.4, 0.5) is 0 Å². The van der Waals surface area contributed by atoms with Gasteiger partial charge in [-0.15, -0.1) is 0 Å². The van der Waals surface area contributed by atoms with Crippen molar-refractivity contribution in [3.05, 3.63) is 35.9 Å². The van der Waals surface area contributed by atoms with Crippen LogP contribution in [0.1, 0.15) is 37.7 Å². The minimum absolute atomic E-state index is 0.261. The van der Waals surface area contributed by atoms with Gasteiger partial charge in [0.1, 0.15) is 0 Å². The van der Waals surface area contributed by atoms with Gasteiger partial charge >= 0.3 is 0 Å². The largest absolute Gasteiger partial charge is 0.395 e. The smallest absolute Gasteiger partial charge is 0.0587 e. The lowest BCUT2D eigenvalue weighted by Gasteiger charge is -2.29. The summed E-state index contributed by atoms with van der Waals surface area (Å²) in [5.74, 6) is 0.664. The van der Waals surface area contributed by atoms with Gasteiger partial charge in [0.25, 0.3) is 0 Å². The number of hydrogen-bond acceptors (Lipinski definition) is 2. The summed E-state index contributed by atoms with van der Waals surface area (Å²) in [7, 11) is 0. The van der Waals surface area contributed by atoms with Gasteiger partial charge in [-0.05, 0) is 24.3 Å². The zero-order valence-electron chi connectivity index (χ0n) is 10.4. The third-order valence-electron chi connectivity index (χ3n) is 3.83. The molecule has 2 rings (SSSR count). The molecule has 0 unspecified atom stereocenters. The monoisotopic (exact) mass is 233 g/mol. The average Bonchev–Trinajstić information content (AvgIpc) is 2.42. The van der Waals surface area contributed by atoms with E-state index < -0.39 is 0 Å². The first-order valence-corrected chi connectivity index (χ1v) is 6.78. The molecule has 0 heterocycles. The third kappa shape index (κ3) is 3.83. The highest BCUT2D eigenvalue weighted by Crippen LogP contribution is 2.26. The molecule has 1 aliphatic rings. The molecule has 1 saturated carbocycles. The van der Waals surface area contributed by atoms with Crippen molar-refractivity contribution >= 4 is 0 Å². The minimum Gasteiger partial charge on any atom is -0.395 e. The van der Waals surface area contributed by atoms with Crippen molar-refractivity contribution in [2.75, 3.05) is 6.61 Å². The Morgan fingerprint density at radius 1 is 1.12 bits per heavy atom. The molecule has 1 aliphatic carbocycles. The van der Waals surface area contributed by atoms with Crippen molar-refractivity contribution in [3.8, 4) is 0 Å². The predicted octanol–water partition coefficient (Wildman–Crippen LogP) is 2.72. The Hall–Kier alpha value is -0.860. The van der Waals surface area contributed by atoms with Crippen molar-refractivity contribution < 1.29 is 5.11 Å². The summed E-state index contributed by atoms with van der Waals surface area (Å²) < 4.78 is 0. The van der Waals surface area contributed by atoms with Crippen LogP contribution in [-0.2, 0) is 6.54 Å². The predicted molar refractivity (Wildman–Crippen MR) is 70.7 cm³/mol. The van der Waals surface area contributed by atoms with Gasteiger partial charge in [0, 0.05) is 12.6 Å². The van der Waals surface area contributed by atoms with Crippen LogP contribution in [0.2, 0.25) is 0 Å². The molecule has 0 aliphatic heterocycles. The van der Waals surface area contributed by atoms with Crippen LogP contribution in [-0.4, -0.2) is 17.8 Å². The van der Waals surface area contributed by atoms with Crippen LogP contribution < -0.4 is 5.32 Å². The van der Waals surface area contributed by atoms with Crippen LogP contribution in [0.15, 0.2) is 30.3 Å². The molecular formula is C15H23NO. The fourth-order valence-corrected chi connectivity index (χ4v) is 2.76. The molecule has 0 amide bonds. The molecule has 0 saturated heterocycles. The zero-order valence-corrected chi connectivity index (χ0v) is 10.4. The number of benzene rings is 1. The maximum atomic E-state index is 9.49. The van der Waals surface area contributed by atoms with E-state index in [2.05, 4.69) is 29.6 Å². The number of hydrogen-bond donors (Lipinski definition) is 2. The molecular weight excluding hydrogens is 210 g/mol. The second-order valence-corrected chi connectivity index (χ2v) is 5.05. The molecule has 17 heavy (non-hydrogen) atoms. The molecule has 1 aromatic rings. The van der Waals surface area contributed by atoms with E-state index in [9.17, 15) is 5.11 Å². The third-order valence-corrected chi connectivity index (χ3v) is 3.83. The van der Waals surface area contributed by atoms with E-state index in [-0.39, 0.29) is 12.6 Å². The summed E-state index contributed by atoms with van der Waals surface area (Å²) in [6, 6.07) is 10.7. The number of aliphatic hydroxyl groups excluding tert-OH is 1. The van der Waals surface area contributed by atoms with Crippen molar-refractivity contribution in [3.63, 3.8) is 0 Å². The molecule has 94 valence electrons. The Balaban J connectivity index is 1.82. The summed E-state index contributed by atoms with van der Waals surface area (Å²) in [6.45, 7) is 1.13.